The molecule has 148 valence electrons. The molecule has 0 amide bonds. The van der Waals surface area contributed by atoms with Crippen molar-refractivity contribution in [2.24, 2.45) is 0 Å². The molecule has 0 atom stereocenters. The maximum atomic E-state index is 10.9. The lowest BCUT2D eigenvalue weighted by Crippen LogP contribution is -2.18. The van der Waals surface area contributed by atoms with Crippen LogP contribution in [0.25, 0.3) is 5.69 Å². The third-order valence-electron chi connectivity index (χ3n) is 4.48. The van der Waals surface area contributed by atoms with E-state index < -0.39 is 0 Å². The lowest BCUT2D eigenvalue weighted by molar-refractivity contribution is 0.376. The first-order valence-corrected chi connectivity index (χ1v) is 9.93. The number of phenols is 2. The minimum atomic E-state index is -0.309. The summed E-state index contributed by atoms with van der Waals surface area (Å²) in [6, 6.07) is 11.5. The quantitative estimate of drug-likeness (QED) is 0.616. The summed E-state index contributed by atoms with van der Waals surface area (Å²) in [6.45, 7) is 12.3. The molecule has 1 aromatic heterocycles. The molecule has 7 heteroatoms. The monoisotopic (exact) mass is 398 g/mol. The van der Waals surface area contributed by atoms with Crippen molar-refractivity contribution in [1.82, 2.24) is 20.2 Å². The second-order valence-electron chi connectivity index (χ2n) is 8.81. The Kier molecular flexibility index (Phi) is 5.14. The van der Waals surface area contributed by atoms with E-state index in [4.69, 9.17) is 0 Å². The molecule has 2 aromatic carbocycles. The highest BCUT2D eigenvalue weighted by molar-refractivity contribution is 7.99. The maximum absolute atomic E-state index is 10.9. The van der Waals surface area contributed by atoms with Crippen molar-refractivity contribution >= 4 is 11.8 Å². The van der Waals surface area contributed by atoms with Crippen LogP contribution in [0.1, 0.15) is 52.7 Å². The summed E-state index contributed by atoms with van der Waals surface area (Å²) in [5, 5.41) is 34.1. The first kappa shape index (κ1) is 20.2. The van der Waals surface area contributed by atoms with E-state index >= 15 is 0 Å². The van der Waals surface area contributed by atoms with Crippen molar-refractivity contribution < 1.29 is 10.2 Å². The third-order valence-corrected chi connectivity index (χ3v) is 5.53. The van der Waals surface area contributed by atoms with Gasteiger partial charge in [-0.3, -0.25) is 0 Å². The summed E-state index contributed by atoms with van der Waals surface area (Å²) in [4.78, 5) is 0.560. The minimum Gasteiger partial charge on any atom is -0.504 e. The fraction of sp³-hybridized carbons (Fsp3) is 0.381. The van der Waals surface area contributed by atoms with E-state index in [1.54, 1.807) is 4.68 Å². The Morgan fingerprint density at radius 2 is 1.46 bits per heavy atom. The molecule has 28 heavy (non-hydrogen) atoms. The van der Waals surface area contributed by atoms with Gasteiger partial charge in [-0.2, -0.15) is 4.68 Å². The molecule has 0 aliphatic heterocycles. The van der Waals surface area contributed by atoms with Crippen LogP contribution in [0, 0.1) is 0 Å². The van der Waals surface area contributed by atoms with Gasteiger partial charge in [0.1, 0.15) is 0 Å². The maximum Gasteiger partial charge on any atom is 0.219 e. The predicted molar refractivity (Wildman–Crippen MR) is 110 cm³/mol. The van der Waals surface area contributed by atoms with E-state index in [1.807, 2.05) is 57.2 Å². The zero-order valence-corrected chi connectivity index (χ0v) is 17.9. The Bertz CT molecular complexity index is 986. The van der Waals surface area contributed by atoms with Crippen LogP contribution in [-0.4, -0.2) is 30.4 Å². The number of hydrogen-bond donors (Lipinski definition) is 2. The highest BCUT2D eigenvalue weighted by Gasteiger charge is 2.30. The molecule has 0 radical (unpaired) electrons. The van der Waals surface area contributed by atoms with Crippen molar-refractivity contribution in [3.8, 4) is 17.2 Å². The second-order valence-corrected chi connectivity index (χ2v) is 9.79. The highest BCUT2D eigenvalue weighted by atomic mass is 32.2. The molecule has 2 N–H and O–H groups in total. The van der Waals surface area contributed by atoms with Crippen LogP contribution in [0.5, 0.6) is 11.5 Å². The number of para-hydroxylation sites is 1. The smallest absolute Gasteiger partial charge is 0.219 e. The molecule has 0 fully saturated rings. The lowest BCUT2D eigenvalue weighted by atomic mass is 9.80. The fourth-order valence-corrected chi connectivity index (χ4v) is 4.09. The van der Waals surface area contributed by atoms with E-state index in [-0.39, 0.29) is 22.3 Å². The van der Waals surface area contributed by atoms with Crippen molar-refractivity contribution in [2.45, 2.75) is 62.4 Å². The molecule has 0 unspecified atom stereocenters. The number of aromatic hydroxyl groups is 2. The van der Waals surface area contributed by atoms with Crippen molar-refractivity contribution in [3.63, 3.8) is 0 Å². The molecule has 0 bridgehead atoms. The van der Waals surface area contributed by atoms with Crippen LogP contribution in [0.15, 0.2) is 46.5 Å². The number of aromatic nitrogens is 4. The van der Waals surface area contributed by atoms with Crippen LogP contribution in [-0.2, 0) is 10.8 Å². The number of hydrogen-bond acceptors (Lipinski definition) is 6. The molecule has 0 aliphatic carbocycles. The lowest BCUT2D eigenvalue weighted by Gasteiger charge is -2.28. The Balaban J connectivity index is 2.16. The van der Waals surface area contributed by atoms with E-state index in [1.165, 1.54) is 11.8 Å². The van der Waals surface area contributed by atoms with Crippen molar-refractivity contribution in [3.05, 3.63) is 47.5 Å². The van der Waals surface area contributed by atoms with Crippen LogP contribution in [0.4, 0.5) is 0 Å². The third kappa shape index (κ3) is 3.85. The summed E-state index contributed by atoms with van der Waals surface area (Å²) in [5.74, 6) is -0.230. The summed E-state index contributed by atoms with van der Waals surface area (Å²) in [7, 11) is 0. The highest BCUT2D eigenvalue weighted by Crippen LogP contribution is 2.49. The van der Waals surface area contributed by atoms with E-state index in [0.717, 1.165) is 11.3 Å². The number of rotatable bonds is 3. The summed E-state index contributed by atoms with van der Waals surface area (Å²) >= 11 is 1.25. The zero-order chi connectivity index (χ0) is 20.7. The molecular formula is C21H26N4O2S. The van der Waals surface area contributed by atoms with Gasteiger partial charge in [-0.05, 0) is 56.8 Å². The van der Waals surface area contributed by atoms with E-state index in [0.29, 0.717) is 15.6 Å². The van der Waals surface area contributed by atoms with E-state index in [2.05, 4.69) is 36.3 Å². The Hall–Kier alpha value is -2.54. The second kappa shape index (κ2) is 7.13. The molecule has 0 spiro atoms. The van der Waals surface area contributed by atoms with Crippen LogP contribution in [0.3, 0.4) is 0 Å². The standard InChI is InChI=1S/C21H26N4O2S/c1-20(2,3)14-12-15(21(4,5)6)18(17(27)16(14)26)28-19-22-23-24-25(19)13-10-8-7-9-11-13/h7-12,26-27H,1-6H3. The van der Waals surface area contributed by atoms with Crippen molar-refractivity contribution in [2.75, 3.05) is 0 Å². The van der Waals surface area contributed by atoms with Gasteiger partial charge in [0.25, 0.3) is 0 Å². The fourth-order valence-electron chi connectivity index (χ4n) is 2.94. The van der Waals surface area contributed by atoms with Gasteiger partial charge in [-0.25, -0.2) is 0 Å². The topological polar surface area (TPSA) is 84.1 Å². The summed E-state index contributed by atoms with van der Waals surface area (Å²) in [6.07, 6.45) is 0. The largest absolute Gasteiger partial charge is 0.504 e. The molecule has 1 heterocycles. The normalized spacial score (nSPS) is 12.4. The van der Waals surface area contributed by atoms with Crippen molar-refractivity contribution in [1.29, 1.82) is 0 Å². The average Bonchev–Trinajstić information content (AvgIpc) is 3.06. The average molecular weight is 399 g/mol. The van der Waals surface area contributed by atoms with Gasteiger partial charge < -0.3 is 10.2 Å². The van der Waals surface area contributed by atoms with Gasteiger partial charge in [0.2, 0.25) is 5.16 Å². The van der Waals surface area contributed by atoms with E-state index in [9.17, 15) is 10.2 Å². The first-order chi connectivity index (χ1) is 13.0. The molecule has 6 nitrogen and oxygen atoms in total. The molecule has 0 saturated carbocycles. The number of phenolic OH excluding ortho intramolecular Hbond substituents is 2. The van der Waals surface area contributed by atoms with Gasteiger partial charge in [0.15, 0.2) is 11.5 Å². The van der Waals surface area contributed by atoms with Crippen LogP contribution < -0.4 is 0 Å². The Labute approximate surface area is 169 Å². The van der Waals surface area contributed by atoms with Gasteiger partial charge in [0.05, 0.1) is 10.6 Å². The molecule has 0 aliphatic rings. The summed E-state index contributed by atoms with van der Waals surface area (Å²) < 4.78 is 1.62. The predicted octanol–water partition coefficient (Wildman–Crippen LogP) is 4.82. The number of nitrogens with zero attached hydrogens (tertiary/aromatic N) is 4. The Morgan fingerprint density at radius 3 is 2.04 bits per heavy atom. The van der Waals surface area contributed by atoms with Crippen LogP contribution >= 0.6 is 11.8 Å². The first-order valence-electron chi connectivity index (χ1n) is 9.11. The minimum absolute atomic E-state index is 0.0956. The molecule has 3 rings (SSSR count). The molecule has 0 saturated heterocycles. The molecule has 3 aromatic rings. The van der Waals surface area contributed by atoms with Gasteiger partial charge in [-0.15, -0.1) is 5.10 Å². The molecular weight excluding hydrogens is 372 g/mol. The Morgan fingerprint density at radius 1 is 0.857 bits per heavy atom. The van der Waals surface area contributed by atoms with Crippen LogP contribution in [0.2, 0.25) is 0 Å². The van der Waals surface area contributed by atoms with Gasteiger partial charge in [0, 0.05) is 5.56 Å². The zero-order valence-electron chi connectivity index (χ0n) is 17.1. The SMILES string of the molecule is CC(C)(C)c1cc(C(C)(C)C)c(Sc2nnnn2-c2ccccc2)c(O)c1O. The summed E-state index contributed by atoms with van der Waals surface area (Å²) in [5.41, 5.74) is 1.90. The number of tetrazole rings is 1. The number of benzene rings is 2. The van der Waals surface area contributed by atoms with Gasteiger partial charge in [-0.1, -0.05) is 59.7 Å². The van der Waals surface area contributed by atoms with Gasteiger partial charge >= 0.3 is 0 Å².